The molecule has 0 aliphatic heterocycles. The first-order valence-electron chi connectivity index (χ1n) is 11.5. The Kier molecular flexibility index (Phi) is 18.0. The predicted octanol–water partition coefficient (Wildman–Crippen LogP) is 7.12. The summed E-state index contributed by atoms with van der Waals surface area (Å²) in [6, 6.07) is 0. The Morgan fingerprint density at radius 1 is 0.750 bits per heavy atom. The fraction of sp³-hybridized carbons (Fsp3) is 0.955. The summed E-state index contributed by atoms with van der Waals surface area (Å²) in [5.74, 6) is 0.854. The van der Waals surface area contributed by atoms with Gasteiger partial charge in [-0.15, -0.1) is 0 Å². The van der Waals surface area contributed by atoms with Crippen LogP contribution in [0.4, 0.5) is 0 Å². The van der Waals surface area contributed by atoms with Crippen molar-refractivity contribution in [2.45, 2.75) is 124 Å². The molecule has 0 atom stereocenters. The maximum absolute atomic E-state index is 10.5. The molecule has 1 N–H and O–H groups in total. The van der Waals surface area contributed by atoms with Crippen molar-refractivity contribution in [3.8, 4) is 0 Å². The Morgan fingerprint density at radius 2 is 1.11 bits per heavy atom. The third-order valence-corrected chi connectivity index (χ3v) is 5.45. The van der Waals surface area contributed by atoms with Crippen molar-refractivity contribution in [2.75, 3.05) is 6.54 Å². The van der Waals surface area contributed by atoms with Crippen LogP contribution in [0.25, 0.3) is 0 Å². The van der Waals surface area contributed by atoms with Crippen LogP contribution in [0, 0.1) is 5.92 Å². The standard InChI is InChI=1S/C22H45NO4S/c1-21(2)19-17-15-13-11-9-7-5-4-6-8-10-12-14-16-18-20-23-22(3)27-28(24,25)26/h21H,4-20H2,1-3H3,(H,24,25,26). The molecule has 0 aliphatic carbocycles. The molecule has 6 heteroatoms. The number of unbranched alkanes of at least 4 members (excludes halogenated alkanes) is 14. The summed E-state index contributed by atoms with van der Waals surface area (Å²) in [6.07, 6.45) is 21.2. The van der Waals surface area contributed by atoms with Gasteiger partial charge in [-0.25, -0.2) is 0 Å². The molecule has 0 aromatic heterocycles. The van der Waals surface area contributed by atoms with E-state index in [1.807, 2.05) is 0 Å². The molecule has 0 rings (SSSR count). The zero-order valence-electron chi connectivity index (χ0n) is 18.6. The van der Waals surface area contributed by atoms with Gasteiger partial charge in [0.15, 0.2) is 0 Å². The summed E-state index contributed by atoms with van der Waals surface area (Å²) in [6.45, 7) is 6.60. The van der Waals surface area contributed by atoms with Gasteiger partial charge in [0.05, 0.1) is 0 Å². The Balaban J connectivity index is 3.21. The van der Waals surface area contributed by atoms with Gasteiger partial charge in [-0.3, -0.25) is 9.55 Å². The summed E-state index contributed by atoms with van der Waals surface area (Å²) in [5.41, 5.74) is 0. The topological polar surface area (TPSA) is 76.0 Å². The van der Waals surface area contributed by atoms with Gasteiger partial charge in [0.1, 0.15) is 0 Å². The smallest absolute Gasteiger partial charge is 0.347 e. The molecule has 0 bridgehead atoms. The molecule has 0 aromatic rings. The van der Waals surface area contributed by atoms with E-state index in [1.165, 1.54) is 96.8 Å². The first-order chi connectivity index (χ1) is 13.3. The van der Waals surface area contributed by atoms with E-state index in [9.17, 15) is 8.42 Å². The van der Waals surface area contributed by atoms with Gasteiger partial charge >= 0.3 is 10.4 Å². The van der Waals surface area contributed by atoms with Crippen LogP contribution in [-0.2, 0) is 14.6 Å². The minimum atomic E-state index is -4.43. The monoisotopic (exact) mass is 419 g/mol. The minimum absolute atomic E-state index is 0.00590. The number of hydrogen-bond acceptors (Lipinski definition) is 4. The maximum Gasteiger partial charge on any atom is 0.447 e. The average molecular weight is 420 g/mol. The van der Waals surface area contributed by atoms with Gasteiger partial charge in [0.2, 0.25) is 5.90 Å². The molecule has 0 radical (unpaired) electrons. The lowest BCUT2D eigenvalue weighted by atomic mass is 10.0. The van der Waals surface area contributed by atoms with Crippen LogP contribution in [0.3, 0.4) is 0 Å². The molecular weight excluding hydrogens is 374 g/mol. The van der Waals surface area contributed by atoms with Crippen molar-refractivity contribution < 1.29 is 17.2 Å². The Morgan fingerprint density at radius 3 is 1.46 bits per heavy atom. The second kappa shape index (κ2) is 18.4. The fourth-order valence-electron chi connectivity index (χ4n) is 3.38. The van der Waals surface area contributed by atoms with Crippen LogP contribution in [0.1, 0.15) is 124 Å². The van der Waals surface area contributed by atoms with E-state index < -0.39 is 10.4 Å². The number of aliphatic imine (C=N–C) groups is 1. The first kappa shape index (κ1) is 27.4. The lowest BCUT2D eigenvalue weighted by Gasteiger charge is -2.05. The molecule has 168 valence electrons. The van der Waals surface area contributed by atoms with Gasteiger partial charge in [0.25, 0.3) is 0 Å². The van der Waals surface area contributed by atoms with Crippen LogP contribution in [0.2, 0.25) is 0 Å². The van der Waals surface area contributed by atoms with E-state index in [0.717, 1.165) is 18.8 Å². The van der Waals surface area contributed by atoms with Crippen molar-refractivity contribution in [1.29, 1.82) is 0 Å². The minimum Gasteiger partial charge on any atom is -0.347 e. The Labute approximate surface area is 174 Å². The summed E-state index contributed by atoms with van der Waals surface area (Å²) in [7, 11) is -4.43. The van der Waals surface area contributed by atoms with Crippen LogP contribution < -0.4 is 0 Å². The highest BCUT2D eigenvalue weighted by Crippen LogP contribution is 2.14. The quantitative estimate of drug-likeness (QED) is 0.105. The third kappa shape index (κ3) is 23.4. The summed E-state index contributed by atoms with van der Waals surface area (Å²) in [4.78, 5) is 3.98. The molecule has 0 saturated carbocycles. The van der Waals surface area contributed by atoms with Gasteiger partial charge in [-0.05, 0) is 12.3 Å². The predicted molar refractivity (Wildman–Crippen MR) is 119 cm³/mol. The van der Waals surface area contributed by atoms with Crippen LogP contribution in [0.15, 0.2) is 4.99 Å². The maximum atomic E-state index is 10.5. The lowest BCUT2D eigenvalue weighted by molar-refractivity contribution is 0.380. The number of nitrogens with zero attached hydrogens (tertiary/aromatic N) is 1. The van der Waals surface area contributed by atoms with E-state index in [-0.39, 0.29) is 5.90 Å². The normalized spacial score (nSPS) is 12.7. The second-order valence-electron chi connectivity index (χ2n) is 8.40. The lowest BCUT2D eigenvalue weighted by Crippen LogP contribution is -2.09. The zero-order chi connectivity index (χ0) is 21.1. The van der Waals surface area contributed by atoms with Crippen molar-refractivity contribution in [3.63, 3.8) is 0 Å². The second-order valence-corrected chi connectivity index (χ2v) is 9.42. The molecule has 0 aromatic carbocycles. The molecule has 0 spiro atoms. The summed E-state index contributed by atoms with van der Waals surface area (Å²) >= 11 is 0. The van der Waals surface area contributed by atoms with Gasteiger partial charge < -0.3 is 4.18 Å². The van der Waals surface area contributed by atoms with Gasteiger partial charge in [-0.1, -0.05) is 110 Å². The third-order valence-electron chi connectivity index (χ3n) is 5.00. The molecule has 0 heterocycles. The molecule has 0 fully saturated rings. The van der Waals surface area contributed by atoms with E-state index in [2.05, 4.69) is 23.0 Å². The summed E-state index contributed by atoms with van der Waals surface area (Å²) < 4.78 is 33.8. The molecule has 28 heavy (non-hydrogen) atoms. The van der Waals surface area contributed by atoms with E-state index in [1.54, 1.807) is 0 Å². The molecule has 0 aliphatic rings. The Hall–Kier alpha value is -0.620. The highest BCUT2D eigenvalue weighted by molar-refractivity contribution is 7.81. The Bertz CT molecular complexity index is 475. The fourth-order valence-corrected chi connectivity index (χ4v) is 3.74. The van der Waals surface area contributed by atoms with E-state index in [0.29, 0.717) is 6.54 Å². The van der Waals surface area contributed by atoms with Gasteiger partial charge in [0, 0.05) is 13.5 Å². The zero-order valence-corrected chi connectivity index (χ0v) is 19.4. The van der Waals surface area contributed by atoms with Crippen LogP contribution >= 0.6 is 0 Å². The highest BCUT2D eigenvalue weighted by atomic mass is 32.3. The molecular formula is C22H45NO4S. The van der Waals surface area contributed by atoms with Crippen molar-refractivity contribution in [3.05, 3.63) is 0 Å². The van der Waals surface area contributed by atoms with Crippen molar-refractivity contribution in [1.82, 2.24) is 0 Å². The molecule has 5 nitrogen and oxygen atoms in total. The van der Waals surface area contributed by atoms with Crippen molar-refractivity contribution >= 4 is 16.3 Å². The number of hydrogen-bond donors (Lipinski definition) is 1. The van der Waals surface area contributed by atoms with Crippen molar-refractivity contribution in [2.24, 2.45) is 10.9 Å². The van der Waals surface area contributed by atoms with Crippen LogP contribution in [0.5, 0.6) is 0 Å². The average Bonchev–Trinajstić information content (AvgIpc) is 2.59. The van der Waals surface area contributed by atoms with Gasteiger partial charge in [-0.2, -0.15) is 8.42 Å². The van der Waals surface area contributed by atoms with Crippen LogP contribution in [-0.4, -0.2) is 25.4 Å². The largest absolute Gasteiger partial charge is 0.447 e. The summed E-state index contributed by atoms with van der Waals surface area (Å²) in [5, 5.41) is 0. The first-order valence-corrected chi connectivity index (χ1v) is 12.9. The molecule has 0 amide bonds. The SMILES string of the molecule is CC(=NCCCCCCCCCCCCCCCCCC(C)C)OS(=O)(=O)O. The van der Waals surface area contributed by atoms with E-state index in [4.69, 9.17) is 4.55 Å². The number of rotatable bonds is 19. The molecule has 0 unspecified atom stereocenters. The highest BCUT2D eigenvalue weighted by Gasteiger charge is 2.05. The van der Waals surface area contributed by atoms with E-state index >= 15 is 0 Å². The molecule has 0 saturated heterocycles.